The van der Waals surface area contributed by atoms with Crippen molar-refractivity contribution in [3.05, 3.63) is 0 Å². The topological polar surface area (TPSA) is 67.6 Å². The Bertz CT molecular complexity index is 342. The zero-order valence-corrected chi connectivity index (χ0v) is 15.6. The number of ether oxygens (including phenoxy) is 1. The van der Waals surface area contributed by atoms with Crippen LogP contribution in [0.15, 0.2) is 0 Å². The Labute approximate surface area is 142 Å². The quantitative estimate of drug-likeness (QED) is 0.704. The lowest BCUT2D eigenvalue weighted by molar-refractivity contribution is 0.0150. The molecule has 1 rings (SSSR count). The monoisotopic (exact) mass is 327 g/mol. The molecule has 0 aromatic carbocycles. The number of carbonyl (C=O) groups excluding carboxylic acids is 1. The van der Waals surface area contributed by atoms with Crippen LogP contribution in [0.3, 0.4) is 0 Å². The van der Waals surface area contributed by atoms with Crippen molar-refractivity contribution in [2.24, 2.45) is 5.73 Å². The lowest BCUT2D eigenvalue weighted by Gasteiger charge is -2.33. The van der Waals surface area contributed by atoms with Crippen LogP contribution in [0.4, 0.5) is 4.79 Å². The van der Waals surface area contributed by atoms with E-state index in [1.165, 1.54) is 12.8 Å². The number of nitrogens with zero attached hydrogens (tertiary/aromatic N) is 1. The minimum Gasteiger partial charge on any atom is -0.444 e. The first-order valence-electron chi connectivity index (χ1n) is 9.26. The fraction of sp³-hybridized carbons (Fsp3) is 0.944. The maximum Gasteiger partial charge on any atom is 0.410 e. The van der Waals surface area contributed by atoms with Crippen LogP contribution >= 0.6 is 0 Å². The molecule has 1 aliphatic rings. The molecule has 2 atom stereocenters. The summed E-state index contributed by atoms with van der Waals surface area (Å²) in [4.78, 5) is 14.5. The molecule has 2 unspecified atom stereocenters. The highest BCUT2D eigenvalue weighted by Gasteiger charge is 2.30. The van der Waals surface area contributed by atoms with Crippen molar-refractivity contribution in [1.29, 1.82) is 0 Å². The van der Waals surface area contributed by atoms with Gasteiger partial charge in [0.25, 0.3) is 0 Å². The van der Waals surface area contributed by atoms with Crippen LogP contribution in [-0.4, -0.2) is 48.3 Å². The van der Waals surface area contributed by atoms with Crippen molar-refractivity contribution >= 4 is 6.09 Å². The maximum absolute atomic E-state index is 12.5. The first-order chi connectivity index (χ1) is 10.8. The Balaban J connectivity index is 2.54. The number of nitrogens with two attached hydrogens (primary N) is 1. The average molecular weight is 328 g/mol. The van der Waals surface area contributed by atoms with Crippen molar-refractivity contribution in [2.75, 3.05) is 19.6 Å². The predicted octanol–water partition coefficient (Wildman–Crippen LogP) is 3.27. The SMILES string of the molecule is CC(CC1CCCCCN1C(=O)OC(C)(C)C)NCCCCN. The second-order valence-electron chi connectivity index (χ2n) is 7.76. The molecule has 0 bridgehead atoms. The fourth-order valence-electron chi connectivity index (χ4n) is 3.09. The van der Waals surface area contributed by atoms with Crippen LogP contribution in [0.2, 0.25) is 0 Å². The van der Waals surface area contributed by atoms with Gasteiger partial charge in [-0.05, 0) is 72.9 Å². The zero-order chi connectivity index (χ0) is 17.3. The number of carbonyl (C=O) groups is 1. The molecular weight excluding hydrogens is 290 g/mol. The molecule has 1 aliphatic heterocycles. The minimum atomic E-state index is -0.431. The van der Waals surface area contributed by atoms with E-state index in [9.17, 15) is 4.79 Å². The van der Waals surface area contributed by atoms with Gasteiger partial charge in [-0.25, -0.2) is 4.79 Å². The van der Waals surface area contributed by atoms with E-state index < -0.39 is 5.60 Å². The molecule has 0 saturated carbocycles. The van der Waals surface area contributed by atoms with Gasteiger partial charge >= 0.3 is 6.09 Å². The summed E-state index contributed by atoms with van der Waals surface area (Å²) >= 11 is 0. The van der Waals surface area contributed by atoms with Gasteiger partial charge in [0.2, 0.25) is 0 Å². The summed E-state index contributed by atoms with van der Waals surface area (Å²) in [6, 6.07) is 0.685. The smallest absolute Gasteiger partial charge is 0.410 e. The number of unbranched alkanes of at least 4 members (excludes halogenated alkanes) is 1. The predicted molar refractivity (Wildman–Crippen MR) is 95.6 cm³/mol. The third kappa shape index (κ3) is 8.56. The molecule has 3 N–H and O–H groups in total. The van der Waals surface area contributed by atoms with Crippen LogP contribution in [0.1, 0.15) is 72.6 Å². The Morgan fingerprint density at radius 1 is 1.30 bits per heavy atom. The first-order valence-corrected chi connectivity index (χ1v) is 9.26. The highest BCUT2D eigenvalue weighted by atomic mass is 16.6. The number of hydrogen-bond donors (Lipinski definition) is 2. The lowest BCUT2D eigenvalue weighted by atomic mass is 10.0. The molecule has 136 valence electrons. The molecule has 0 spiro atoms. The summed E-state index contributed by atoms with van der Waals surface area (Å²) in [5.41, 5.74) is 5.10. The molecule has 1 amide bonds. The molecular formula is C18H37N3O2. The first kappa shape index (κ1) is 20.2. The summed E-state index contributed by atoms with van der Waals surface area (Å²) in [7, 11) is 0. The van der Waals surface area contributed by atoms with E-state index in [1.807, 2.05) is 25.7 Å². The molecule has 0 aliphatic carbocycles. The van der Waals surface area contributed by atoms with E-state index in [1.54, 1.807) is 0 Å². The van der Waals surface area contributed by atoms with Crippen molar-refractivity contribution in [1.82, 2.24) is 10.2 Å². The summed E-state index contributed by atoms with van der Waals surface area (Å²) in [5.74, 6) is 0. The third-order valence-corrected chi connectivity index (χ3v) is 4.25. The Morgan fingerprint density at radius 3 is 2.70 bits per heavy atom. The van der Waals surface area contributed by atoms with Gasteiger partial charge in [-0.3, -0.25) is 0 Å². The van der Waals surface area contributed by atoms with Gasteiger partial charge in [0.1, 0.15) is 5.60 Å². The highest BCUT2D eigenvalue weighted by Crippen LogP contribution is 2.23. The fourth-order valence-corrected chi connectivity index (χ4v) is 3.09. The standard InChI is InChI=1S/C18H37N3O2/c1-15(20-12-8-7-11-19)14-16-10-6-5-9-13-21(16)17(22)23-18(2,3)4/h15-16,20H,5-14,19H2,1-4H3. The van der Waals surface area contributed by atoms with Crippen molar-refractivity contribution in [2.45, 2.75) is 90.3 Å². The summed E-state index contributed by atoms with van der Waals surface area (Å²) in [5, 5.41) is 3.56. The zero-order valence-electron chi connectivity index (χ0n) is 15.6. The molecule has 1 heterocycles. The van der Waals surface area contributed by atoms with Crippen molar-refractivity contribution in [3.63, 3.8) is 0 Å². The normalized spacial score (nSPS) is 20.9. The van der Waals surface area contributed by atoms with Crippen LogP contribution in [-0.2, 0) is 4.74 Å². The van der Waals surface area contributed by atoms with Gasteiger partial charge in [-0.1, -0.05) is 12.8 Å². The molecule has 5 heteroatoms. The number of rotatable bonds is 7. The Morgan fingerprint density at radius 2 is 2.04 bits per heavy atom. The van der Waals surface area contributed by atoms with Gasteiger partial charge in [0, 0.05) is 18.6 Å². The number of nitrogens with one attached hydrogen (secondary N) is 1. The molecule has 1 saturated heterocycles. The lowest BCUT2D eigenvalue weighted by Crippen LogP contribution is -2.45. The molecule has 23 heavy (non-hydrogen) atoms. The summed E-state index contributed by atoms with van der Waals surface area (Å²) < 4.78 is 5.61. The summed E-state index contributed by atoms with van der Waals surface area (Å²) in [6.07, 6.45) is 7.57. The van der Waals surface area contributed by atoms with E-state index in [0.29, 0.717) is 6.04 Å². The number of likely N-dealkylation sites (tertiary alicyclic amines) is 1. The van der Waals surface area contributed by atoms with Gasteiger partial charge in [-0.15, -0.1) is 0 Å². The molecule has 5 nitrogen and oxygen atoms in total. The van der Waals surface area contributed by atoms with Gasteiger partial charge in [0.05, 0.1) is 0 Å². The van der Waals surface area contributed by atoms with Gasteiger partial charge in [0.15, 0.2) is 0 Å². The molecule has 0 aromatic heterocycles. The third-order valence-electron chi connectivity index (χ3n) is 4.25. The van der Waals surface area contributed by atoms with E-state index in [4.69, 9.17) is 10.5 Å². The van der Waals surface area contributed by atoms with E-state index in [-0.39, 0.29) is 12.1 Å². The van der Waals surface area contributed by atoms with Crippen LogP contribution in [0.5, 0.6) is 0 Å². The number of amides is 1. The van der Waals surface area contributed by atoms with Gasteiger partial charge in [-0.2, -0.15) is 0 Å². The van der Waals surface area contributed by atoms with Crippen LogP contribution < -0.4 is 11.1 Å². The second kappa shape index (κ2) is 10.1. The molecule has 1 fully saturated rings. The van der Waals surface area contributed by atoms with Gasteiger partial charge < -0.3 is 20.7 Å². The second-order valence-corrected chi connectivity index (χ2v) is 7.76. The van der Waals surface area contributed by atoms with Crippen molar-refractivity contribution < 1.29 is 9.53 Å². The highest BCUT2D eigenvalue weighted by molar-refractivity contribution is 5.68. The van der Waals surface area contributed by atoms with E-state index in [2.05, 4.69) is 12.2 Å². The van der Waals surface area contributed by atoms with Crippen LogP contribution in [0.25, 0.3) is 0 Å². The van der Waals surface area contributed by atoms with E-state index >= 15 is 0 Å². The summed E-state index contributed by atoms with van der Waals surface area (Å²) in [6.45, 7) is 10.6. The Hall–Kier alpha value is -0.810. The molecule has 0 aromatic rings. The maximum atomic E-state index is 12.5. The largest absolute Gasteiger partial charge is 0.444 e. The number of hydrogen-bond acceptors (Lipinski definition) is 4. The Kier molecular flexibility index (Phi) is 8.92. The van der Waals surface area contributed by atoms with Crippen molar-refractivity contribution in [3.8, 4) is 0 Å². The van der Waals surface area contributed by atoms with E-state index in [0.717, 1.165) is 51.7 Å². The molecule has 0 radical (unpaired) electrons. The average Bonchev–Trinajstić information content (AvgIpc) is 2.67. The van der Waals surface area contributed by atoms with Crippen LogP contribution in [0, 0.1) is 0 Å². The minimum absolute atomic E-state index is 0.153.